The molecule has 0 heterocycles. The van der Waals surface area contributed by atoms with Gasteiger partial charge >= 0.3 is 0 Å². The van der Waals surface area contributed by atoms with Crippen molar-refractivity contribution in [1.29, 1.82) is 0 Å². The molecule has 0 saturated carbocycles. The van der Waals surface area contributed by atoms with Crippen molar-refractivity contribution in [1.82, 2.24) is 0 Å². The fourth-order valence-corrected chi connectivity index (χ4v) is 4.42. The van der Waals surface area contributed by atoms with Gasteiger partial charge in [0.1, 0.15) is 0 Å². The van der Waals surface area contributed by atoms with Gasteiger partial charge in [-0.15, -0.1) is 0 Å². The molecule has 1 aromatic rings. The van der Waals surface area contributed by atoms with E-state index in [1.165, 1.54) is 18.9 Å². The fourth-order valence-electron chi connectivity index (χ4n) is 1.88. The van der Waals surface area contributed by atoms with Gasteiger partial charge in [0.05, 0.1) is 10.0 Å². The van der Waals surface area contributed by atoms with Crippen LogP contribution in [-0.2, 0) is 10.8 Å². The first kappa shape index (κ1) is 16.8. The minimum atomic E-state index is -1.53. The Balaban J connectivity index is 2.49. The van der Waals surface area contributed by atoms with Gasteiger partial charge in [0, 0.05) is 6.61 Å². The van der Waals surface area contributed by atoms with E-state index in [9.17, 15) is 5.11 Å². The molecular formula is C14H22Cl2O2Si. The van der Waals surface area contributed by atoms with E-state index in [-0.39, 0.29) is 5.75 Å². The second-order valence-electron chi connectivity index (χ2n) is 5.37. The Hall–Kier alpha value is -0.223. The molecule has 0 aliphatic heterocycles. The van der Waals surface area contributed by atoms with E-state index in [0.29, 0.717) is 16.7 Å². The van der Waals surface area contributed by atoms with Crippen LogP contribution in [0.1, 0.15) is 25.3 Å². The summed E-state index contributed by atoms with van der Waals surface area (Å²) in [5.41, 5.74) is 0.994. The van der Waals surface area contributed by atoms with E-state index in [0.717, 1.165) is 12.0 Å². The highest BCUT2D eigenvalue weighted by molar-refractivity contribution is 6.71. The van der Waals surface area contributed by atoms with Crippen LogP contribution in [0.2, 0.25) is 29.2 Å². The van der Waals surface area contributed by atoms with Gasteiger partial charge in [0.15, 0.2) is 14.1 Å². The number of rotatable bonds is 7. The Kier molecular flexibility index (Phi) is 6.67. The topological polar surface area (TPSA) is 29.5 Å². The van der Waals surface area contributed by atoms with Crippen LogP contribution in [0.4, 0.5) is 0 Å². The van der Waals surface area contributed by atoms with Crippen LogP contribution in [0, 0.1) is 0 Å². The molecule has 0 fully saturated rings. The largest absolute Gasteiger partial charge is 0.505 e. The van der Waals surface area contributed by atoms with Crippen LogP contribution in [0.15, 0.2) is 12.1 Å². The van der Waals surface area contributed by atoms with Crippen LogP contribution >= 0.6 is 23.2 Å². The zero-order valence-corrected chi connectivity index (χ0v) is 14.3. The summed E-state index contributed by atoms with van der Waals surface area (Å²) in [7, 11) is -1.53. The molecule has 1 N–H and O–H groups in total. The molecule has 5 heteroatoms. The van der Waals surface area contributed by atoms with Crippen molar-refractivity contribution < 1.29 is 9.53 Å². The van der Waals surface area contributed by atoms with Crippen molar-refractivity contribution in [2.45, 2.75) is 45.3 Å². The Morgan fingerprint density at radius 2 is 1.79 bits per heavy atom. The molecule has 2 nitrogen and oxygen atoms in total. The molecule has 0 bridgehead atoms. The summed E-state index contributed by atoms with van der Waals surface area (Å²) in [5, 5.41) is 10.1. The quantitative estimate of drug-likeness (QED) is 0.694. The molecule has 0 aliphatic rings. The zero-order chi connectivity index (χ0) is 14.5. The van der Waals surface area contributed by atoms with E-state index < -0.39 is 8.32 Å². The minimum absolute atomic E-state index is 0.0503. The highest BCUT2D eigenvalue weighted by Gasteiger charge is 2.21. The molecule has 1 rings (SSSR count). The smallest absolute Gasteiger partial charge is 0.186 e. The lowest BCUT2D eigenvalue weighted by atomic mass is 10.1. The van der Waals surface area contributed by atoms with E-state index in [1.807, 2.05) is 0 Å². The van der Waals surface area contributed by atoms with E-state index in [1.54, 1.807) is 12.1 Å². The maximum atomic E-state index is 9.49. The first-order valence-electron chi connectivity index (χ1n) is 6.66. The maximum Gasteiger partial charge on any atom is 0.186 e. The maximum absolute atomic E-state index is 9.49. The van der Waals surface area contributed by atoms with E-state index in [4.69, 9.17) is 27.6 Å². The molecule has 108 valence electrons. The van der Waals surface area contributed by atoms with Gasteiger partial charge in [-0.3, -0.25) is 0 Å². The Morgan fingerprint density at radius 3 is 2.32 bits per heavy atom. The molecule has 0 spiro atoms. The summed E-state index contributed by atoms with van der Waals surface area (Å²) >= 11 is 11.8. The summed E-state index contributed by atoms with van der Waals surface area (Å²) in [4.78, 5) is 0. The Morgan fingerprint density at radius 1 is 1.21 bits per heavy atom. The number of halogens is 2. The standard InChI is InChI=1S/C14H22Cl2O2Si/c1-4-5-8-19(2,3)18-7-6-11-9-12(15)14(17)13(16)10-11/h9-10,17H,4-8H2,1-3H3. The highest BCUT2D eigenvalue weighted by atomic mass is 35.5. The third-order valence-electron chi connectivity index (χ3n) is 3.09. The van der Waals surface area contributed by atoms with Crippen molar-refractivity contribution in [3.05, 3.63) is 27.7 Å². The number of phenolic OH excluding ortho intramolecular Hbond substituents is 1. The Labute approximate surface area is 126 Å². The first-order valence-corrected chi connectivity index (χ1v) is 10.5. The van der Waals surface area contributed by atoms with E-state index >= 15 is 0 Å². The number of phenols is 1. The lowest BCUT2D eigenvalue weighted by Gasteiger charge is -2.22. The van der Waals surface area contributed by atoms with Gasteiger partial charge in [-0.05, 0) is 43.3 Å². The van der Waals surface area contributed by atoms with E-state index in [2.05, 4.69) is 20.0 Å². The van der Waals surface area contributed by atoms with Crippen molar-refractivity contribution >= 4 is 31.5 Å². The van der Waals surface area contributed by atoms with Gasteiger partial charge in [-0.1, -0.05) is 43.0 Å². The summed E-state index contributed by atoms with van der Waals surface area (Å²) in [6.07, 6.45) is 3.21. The fraction of sp³-hybridized carbons (Fsp3) is 0.571. The van der Waals surface area contributed by atoms with Crippen molar-refractivity contribution in [3.63, 3.8) is 0 Å². The molecule has 1 aromatic carbocycles. The molecule has 0 radical (unpaired) electrons. The SMILES string of the molecule is CCCC[Si](C)(C)OCCc1cc(Cl)c(O)c(Cl)c1. The molecule has 0 aliphatic carbocycles. The number of hydrogen-bond acceptors (Lipinski definition) is 2. The first-order chi connectivity index (χ1) is 8.85. The highest BCUT2D eigenvalue weighted by Crippen LogP contribution is 2.32. The van der Waals surface area contributed by atoms with Gasteiger partial charge in [0.25, 0.3) is 0 Å². The normalized spacial score (nSPS) is 11.8. The predicted molar refractivity (Wildman–Crippen MR) is 85.0 cm³/mol. The van der Waals surface area contributed by atoms with Crippen LogP contribution < -0.4 is 0 Å². The second kappa shape index (κ2) is 7.53. The molecular weight excluding hydrogens is 299 g/mol. The minimum Gasteiger partial charge on any atom is -0.505 e. The molecule has 0 unspecified atom stereocenters. The lowest BCUT2D eigenvalue weighted by molar-refractivity contribution is 0.310. The van der Waals surface area contributed by atoms with Gasteiger partial charge < -0.3 is 9.53 Å². The van der Waals surface area contributed by atoms with Crippen LogP contribution in [0.3, 0.4) is 0 Å². The monoisotopic (exact) mass is 320 g/mol. The number of unbranched alkanes of at least 4 members (excludes halogenated alkanes) is 1. The third kappa shape index (κ3) is 5.73. The summed E-state index contributed by atoms with van der Waals surface area (Å²) < 4.78 is 6.04. The molecule has 0 amide bonds. The van der Waals surface area contributed by atoms with Crippen molar-refractivity contribution in [2.24, 2.45) is 0 Å². The Bertz CT molecular complexity index is 399. The average Bonchev–Trinajstić information content (AvgIpc) is 2.33. The number of aromatic hydroxyl groups is 1. The number of benzene rings is 1. The molecule has 0 saturated heterocycles. The van der Waals surface area contributed by atoms with Gasteiger partial charge in [-0.25, -0.2) is 0 Å². The predicted octanol–water partition coefficient (Wildman–Crippen LogP) is 5.26. The molecule has 0 atom stereocenters. The van der Waals surface area contributed by atoms with Crippen LogP contribution in [0.5, 0.6) is 5.75 Å². The van der Waals surface area contributed by atoms with Crippen LogP contribution in [0.25, 0.3) is 0 Å². The zero-order valence-electron chi connectivity index (χ0n) is 11.8. The number of hydrogen-bond donors (Lipinski definition) is 1. The second-order valence-corrected chi connectivity index (χ2v) is 10.5. The van der Waals surface area contributed by atoms with Crippen molar-refractivity contribution in [2.75, 3.05) is 6.61 Å². The summed E-state index contributed by atoms with van der Waals surface area (Å²) in [6, 6.07) is 4.68. The van der Waals surface area contributed by atoms with Crippen LogP contribution in [-0.4, -0.2) is 20.0 Å². The summed E-state index contributed by atoms with van der Waals surface area (Å²) in [6.45, 7) is 7.38. The summed E-state index contributed by atoms with van der Waals surface area (Å²) in [5.74, 6) is -0.0503. The lowest BCUT2D eigenvalue weighted by Crippen LogP contribution is -2.30. The van der Waals surface area contributed by atoms with Gasteiger partial charge in [0.2, 0.25) is 0 Å². The van der Waals surface area contributed by atoms with Crippen molar-refractivity contribution in [3.8, 4) is 5.75 Å². The average molecular weight is 321 g/mol. The third-order valence-corrected chi connectivity index (χ3v) is 6.21. The van der Waals surface area contributed by atoms with Gasteiger partial charge in [-0.2, -0.15) is 0 Å². The molecule has 19 heavy (non-hydrogen) atoms. The molecule has 0 aromatic heterocycles.